The molecule has 6 heteroatoms. The van der Waals surface area contributed by atoms with Gasteiger partial charge in [-0.05, 0) is 61.8 Å². The lowest BCUT2D eigenvalue weighted by Crippen LogP contribution is -2.54. The summed E-state index contributed by atoms with van der Waals surface area (Å²) >= 11 is 5.28. The van der Waals surface area contributed by atoms with Crippen molar-refractivity contribution < 1.29 is 9.59 Å². The van der Waals surface area contributed by atoms with E-state index in [0.29, 0.717) is 5.69 Å². The van der Waals surface area contributed by atoms with E-state index < -0.39 is 11.8 Å². The van der Waals surface area contributed by atoms with E-state index in [1.165, 1.54) is 4.90 Å². The molecule has 1 aromatic heterocycles. The number of carbonyl (C=O) groups excluding carboxylic acids is 2. The molecular formula is C20H21N3O2S. The Bertz CT molecular complexity index is 956. The number of hydrogen-bond acceptors (Lipinski definition) is 3. The number of nitrogens with one attached hydrogen (secondary N) is 1. The van der Waals surface area contributed by atoms with Crippen molar-refractivity contribution in [1.29, 1.82) is 0 Å². The molecule has 1 saturated heterocycles. The maximum atomic E-state index is 13.1. The Morgan fingerprint density at radius 3 is 2.50 bits per heavy atom. The fourth-order valence-electron chi connectivity index (χ4n) is 3.09. The van der Waals surface area contributed by atoms with Crippen LogP contribution < -0.4 is 10.2 Å². The van der Waals surface area contributed by atoms with Crippen molar-refractivity contribution in [2.75, 3.05) is 4.90 Å². The molecule has 0 saturated carbocycles. The van der Waals surface area contributed by atoms with E-state index in [1.54, 1.807) is 6.08 Å². The zero-order chi connectivity index (χ0) is 19.0. The highest BCUT2D eigenvalue weighted by Gasteiger charge is 2.35. The Balaban J connectivity index is 2.09. The molecular weight excluding hydrogens is 346 g/mol. The fraction of sp³-hybridized carbons (Fsp3) is 0.250. The number of aromatic nitrogens is 1. The first kappa shape index (κ1) is 18.1. The van der Waals surface area contributed by atoms with Crippen LogP contribution in [0.1, 0.15) is 29.4 Å². The monoisotopic (exact) mass is 367 g/mol. The number of nitrogens with zero attached hydrogens (tertiary/aromatic N) is 2. The molecule has 26 heavy (non-hydrogen) atoms. The Morgan fingerprint density at radius 2 is 1.88 bits per heavy atom. The number of anilines is 1. The van der Waals surface area contributed by atoms with E-state index >= 15 is 0 Å². The van der Waals surface area contributed by atoms with Crippen molar-refractivity contribution in [2.45, 2.75) is 27.2 Å². The summed E-state index contributed by atoms with van der Waals surface area (Å²) in [6.07, 6.45) is 2.40. The molecule has 0 bridgehead atoms. The van der Waals surface area contributed by atoms with Gasteiger partial charge in [0.25, 0.3) is 11.8 Å². The van der Waals surface area contributed by atoms with Crippen LogP contribution in [0.3, 0.4) is 0 Å². The normalized spacial score (nSPS) is 16.4. The molecule has 5 nitrogen and oxygen atoms in total. The van der Waals surface area contributed by atoms with Crippen LogP contribution in [0, 0.1) is 13.8 Å². The van der Waals surface area contributed by atoms with E-state index in [9.17, 15) is 9.59 Å². The zero-order valence-corrected chi connectivity index (χ0v) is 16.1. The van der Waals surface area contributed by atoms with E-state index in [1.807, 2.05) is 62.7 Å². The van der Waals surface area contributed by atoms with Gasteiger partial charge in [-0.15, -0.1) is 0 Å². The molecule has 0 aliphatic carbocycles. The van der Waals surface area contributed by atoms with Crippen LogP contribution in [0.25, 0.3) is 6.08 Å². The SMILES string of the molecule is CCc1ccccc1N1C(=O)C(=Cc2cc(C)n(C)c2C)C(=O)NC1=S. The van der Waals surface area contributed by atoms with Gasteiger partial charge in [-0.25, -0.2) is 0 Å². The highest BCUT2D eigenvalue weighted by Crippen LogP contribution is 2.26. The lowest BCUT2D eigenvalue weighted by molar-refractivity contribution is -0.122. The molecule has 0 atom stereocenters. The van der Waals surface area contributed by atoms with Crippen molar-refractivity contribution in [3.8, 4) is 0 Å². The molecule has 2 heterocycles. The van der Waals surface area contributed by atoms with Gasteiger partial charge in [-0.2, -0.15) is 0 Å². The summed E-state index contributed by atoms with van der Waals surface area (Å²) in [5.74, 6) is -0.869. The summed E-state index contributed by atoms with van der Waals surface area (Å²) in [4.78, 5) is 27.0. The van der Waals surface area contributed by atoms with Gasteiger partial charge in [0.2, 0.25) is 0 Å². The predicted molar refractivity (Wildman–Crippen MR) is 107 cm³/mol. The Kier molecular flexibility index (Phi) is 4.78. The minimum atomic E-state index is -0.467. The third-order valence-electron chi connectivity index (χ3n) is 4.83. The van der Waals surface area contributed by atoms with Crippen molar-refractivity contribution in [3.05, 3.63) is 58.4 Å². The number of amides is 2. The van der Waals surface area contributed by atoms with Crippen LogP contribution >= 0.6 is 12.2 Å². The topological polar surface area (TPSA) is 54.3 Å². The van der Waals surface area contributed by atoms with Gasteiger partial charge in [0.15, 0.2) is 5.11 Å². The molecule has 1 aliphatic rings. The van der Waals surface area contributed by atoms with Crippen molar-refractivity contribution in [1.82, 2.24) is 9.88 Å². The van der Waals surface area contributed by atoms with Gasteiger partial charge in [-0.1, -0.05) is 25.1 Å². The van der Waals surface area contributed by atoms with Gasteiger partial charge in [-0.3, -0.25) is 19.8 Å². The highest BCUT2D eigenvalue weighted by atomic mass is 32.1. The van der Waals surface area contributed by atoms with Gasteiger partial charge < -0.3 is 4.57 Å². The molecule has 0 spiro atoms. The molecule has 0 radical (unpaired) electrons. The first-order chi connectivity index (χ1) is 12.3. The average Bonchev–Trinajstić information content (AvgIpc) is 2.85. The van der Waals surface area contributed by atoms with Crippen molar-refractivity contribution in [3.63, 3.8) is 0 Å². The van der Waals surface area contributed by atoms with Crippen LogP contribution in [0.4, 0.5) is 5.69 Å². The third-order valence-corrected chi connectivity index (χ3v) is 5.11. The minimum absolute atomic E-state index is 0.0817. The van der Waals surface area contributed by atoms with Crippen LogP contribution in [-0.2, 0) is 23.1 Å². The third kappa shape index (κ3) is 2.97. The van der Waals surface area contributed by atoms with Crippen molar-refractivity contribution in [2.24, 2.45) is 7.05 Å². The fourth-order valence-corrected chi connectivity index (χ4v) is 3.36. The molecule has 3 rings (SSSR count). The van der Waals surface area contributed by atoms with E-state index in [2.05, 4.69) is 5.32 Å². The minimum Gasteiger partial charge on any atom is -0.352 e. The zero-order valence-electron chi connectivity index (χ0n) is 15.3. The highest BCUT2D eigenvalue weighted by molar-refractivity contribution is 7.80. The molecule has 2 aromatic rings. The molecule has 0 unspecified atom stereocenters. The van der Waals surface area contributed by atoms with E-state index in [0.717, 1.165) is 28.9 Å². The van der Waals surface area contributed by atoms with E-state index in [-0.39, 0.29) is 10.7 Å². The standard InChI is InChI=1S/C20H21N3O2S/c1-5-14-8-6-7-9-17(14)23-19(25)16(18(24)21-20(23)26)11-15-10-12(2)22(4)13(15)3/h6-11H,5H2,1-4H3,(H,21,24,26). The van der Waals surface area contributed by atoms with Gasteiger partial charge in [0.05, 0.1) is 5.69 Å². The molecule has 2 amide bonds. The Labute approximate surface area is 158 Å². The van der Waals surface area contributed by atoms with Crippen molar-refractivity contribution >= 4 is 40.9 Å². The smallest absolute Gasteiger partial charge is 0.270 e. The number of aryl methyl sites for hydroxylation is 2. The summed E-state index contributed by atoms with van der Waals surface area (Å²) in [7, 11) is 1.95. The maximum absolute atomic E-state index is 13.1. The first-order valence-corrected chi connectivity index (χ1v) is 8.88. The number of thiocarbonyl (C=S) groups is 1. The van der Waals surface area contributed by atoms with Gasteiger partial charge in [0.1, 0.15) is 5.57 Å². The van der Waals surface area contributed by atoms with Crippen LogP contribution in [0.2, 0.25) is 0 Å². The summed E-state index contributed by atoms with van der Waals surface area (Å²) < 4.78 is 2.02. The molecule has 134 valence electrons. The van der Waals surface area contributed by atoms with Gasteiger partial charge in [0, 0.05) is 18.4 Å². The maximum Gasteiger partial charge on any atom is 0.270 e. The molecule has 1 fully saturated rings. The lowest BCUT2D eigenvalue weighted by Gasteiger charge is -2.30. The van der Waals surface area contributed by atoms with Gasteiger partial charge >= 0.3 is 0 Å². The number of hydrogen-bond donors (Lipinski definition) is 1. The Morgan fingerprint density at radius 1 is 1.19 bits per heavy atom. The molecule has 1 aromatic carbocycles. The largest absolute Gasteiger partial charge is 0.352 e. The Hall–Kier alpha value is -2.73. The summed E-state index contributed by atoms with van der Waals surface area (Å²) in [5.41, 5.74) is 4.67. The predicted octanol–water partition coefficient (Wildman–Crippen LogP) is 3.04. The summed E-state index contributed by atoms with van der Waals surface area (Å²) in [6, 6.07) is 9.53. The summed E-state index contributed by atoms with van der Waals surface area (Å²) in [6.45, 7) is 5.96. The average molecular weight is 367 g/mol. The number of carbonyl (C=O) groups is 2. The van der Waals surface area contributed by atoms with Crippen LogP contribution in [-0.4, -0.2) is 21.5 Å². The molecule has 1 N–H and O–H groups in total. The lowest BCUT2D eigenvalue weighted by atomic mass is 10.0. The second kappa shape index (κ2) is 6.88. The first-order valence-electron chi connectivity index (χ1n) is 8.47. The molecule has 1 aliphatic heterocycles. The number of rotatable bonds is 3. The number of para-hydroxylation sites is 1. The quantitative estimate of drug-likeness (QED) is 0.515. The second-order valence-electron chi connectivity index (χ2n) is 6.33. The summed E-state index contributed by atoms with van der Waals surface area (Å²) in [5, 5.41) is 2.75. The van der Waals surface area contributed by atoms with Crippen LogP contribution in [0.15, 0.2) is 35.9 Å². The van der Waals surface area contributed by atoms with E-state index in [4.69, 9.17) is 12.2 Å². The van der Waals surface area contributed by atoms with Crippen LogP contribution in [0.5, 0.6) is 0 Å². The second-order valence-corrected chi connectivity index (χ2v) is 6.71. The number of benzene rings is 1.